The van der Waals surface area contributed by atoms with Gasteiger partial charge < -0.3 is 14.8 Å². The van der Waals surface area contributed by atoms with Crippen molar-refractivity contribution in [1.82, 2.24) is 5.32 Å². The summed E-state index contributed by atoms with van der Waals surface area (Å²) in [5.41, 5.74) is -0.572. The fourth-order valence-corrected chi connectivity index (χ4v) is 1.84. The first-order valence-electron chi connectivity index (χ1n) is 6.30. The zero-order chi connectivity index (χ0) is 13.9. The van der Waals surface area contributed by atoms with Crippen molar-refractivity contribution < 1.29 is 19.1 Å². The van der Waals surface area contributed by atoms with E-state index in [4.69, 9.17) is 9.47 Å². The summed E-state index contributed by atoms with van der Waals surface area (Å²) in [6, 6.07) is -0.611. The Morgan fingerprint density at radius 1 is 1.39 bits per heavy atom. The zero-order valence-electron chi connectivity index (χ0n) is 11.8. The normalized spacial score (nSPS) is 24.1. The number of methoxy groups -OCH3 is 1. The van der Waals surface area contributed by atoms with Gasteiger partial charge in [0.1, 0.15) is 11.6 Å². The first kappa shape index (κ1) is 14.8. The highest BCUT2D eigenvalue weighted by Gasteiger charge is 2.37. The van der Waals surface area contributed by atoms with Gasteiger partial charge in [0, 0.05) is 0 Å². The Labute approximate surface area is 108 Å². The standard InChI is InChI=1S/C13H23NO4/c1-8-6-9(8)7-10(11(15)17-5)14-12(16)18-13(2,3)4/h8-10H,6-7H2,1-5H3,(H,14,16)/t8?,9?,10-/m0/s1. The van der Waals surface area contributed by atoms with Crippen molar-refractivity contribution in [1.29, 1.82) is 0 Å². The quantitative estimate of drug-likeness (QED) is 0.783. The SMILES string of the molecule is COC(=O)[C@H](CC1CC1C)NC(=O)OC(C)(C)C. The van der Waals surface area contributed by atoms with Crippen LogP contribution in [0.1, 0.15) is 40.5 Å². The maximum absolute atomic E-state index is 11.6. The number of esters is 1. The molecule has 0 heterocycles. The second-order valence-corrected chi connectivity index (χ2v) is 5.93. The van der Waals surface area contributed by atoms with Crippen molar-refractivity contribution in [2.24, 2.45) is 11.8 Å². The number of amides is 1. The molecule has 1 rings (SSSR count). The van der Waals surface area contributed by atoms with Crippen LogP contribution in [0.25, 0.3) is 0 Å². The Morgan fingerprint density at radius 2 is 1.94 bits per heavy atom. The van der Waals surface area contributed by atoms with Crippen LogP contribution >= 0.6 is 0 Å². The fraction of sp³-hybridized carbons (Fsp3) is 0.846. The van der Waals surface area contributed by atoms with Gasteiger partial charge >= 0.3 is 12.1 Å². The topological polar surface area (TPSA) is 64.6 Å². The average Bonchev–Trinajstić information content (AvgIpc) is 2.89. The summed E-state index contributed by atoms with van der Waals surface area (Å²) in [5.74, 6) is 0.696. The lowest BCUT2D eigenvalue weighted by Crippen LogP contribution is -2.44. The molecule has 5 heteroatoms. The van der Waals surface area contributed by atoms with E-state index in [1.165, 1.54) is 7.11 Å². The van der Waals surface area contributed by atoms with E-state index in [1.807, 2.05) is 0 Å². The van der Waals surface area contributed by atoms with Gasteiger partial charge in [0.05, 0.1) is 7.11 Å². The van der Waals surface area contributed by atoms with E-state index in [-0.39, 0.29) is 0 Å². The molecule has 1 N–H and O–H groups in total. The third kappa shape index (κ3) is 4.94. The van der Waals surface area contributed by atoms with Crippen molar-refractivity contribution >= 4 is 12.1 Å². The Kier molecular flexibility index (Phi) is 4.59. The minimum absolute atomic E-state index is 0.417. The molecule has 3 atom stereocenters. The van der Waals surface area contributed by atoms with Gasteiger partial charge in [-0.05, 0) is 45.4 Å². The van der Waals surface area contributed by atoms with Crippen LogP contribution < -0.4 is 5.32 Å². The summed E-state index contributed by atoms with van der Waals surface area (Å²) in [4.78, 5) is 23.2. The Bertz CT molecular complexity index is 321. The van der Waals surface area contributed by atoms with Gasteiger partial charge in [0.15, 0.2) is 0 Å². The van der Waals surface area contributed by atoms with Crippen LogP contribution in [0.5, 0.6) is 0 Å². The number of ether oxygens (including phenoxy) is 2. The second kappa shape index (κ2) is 5.59. The lowest BCUT2D eigenvalue weighted by molar-refractivity contribution is -0.143. The molecule has 1 amide bonds. The largest absolute Gasteiger partial charge is 0.467 e. The second-order valence-electron chi connectivity index (χ2n) is 5.93. The van der Waals surface area contributed by atoms with Gasteiger partial charge in [-0.1, -0.05) is 6.92 Å². The van der Waals surface area contributed by atoms with Crippen LogP contribution in [0.2, 0.25) is 0 Å². The van der Waals surface area contributed by atoms with Gasteiger partial charge in [-0.2, -0.15) is 0 Å². The van der Waals surface area contributed by atoms with Crippen molar-refractivity contribution in [2.45, 2.75) is 52.2 Å². The molecule has 1 aliphatic rings. The van der Waals surface area contributed by atoms with Crippen molar-refractivity contribution in [3.05, 3.63) is 0 Å². The third-order valence-corrected chi connectivity index (χ3v) is 2.99. The summed E-state index contributed by atoms with van der Waals surface area (Å²) >= 11 is 0. The highest BCUT2D eigenvalue weighted by Crippen LogP contribution is 2.41. The molecule has 0 spiro atoms. The van der Waals surface area contributed by atoms with Crippen molar-refractivity contribution in [3.8, 4) is 0 Å². The predicted octanol–water partition coefficient (Wildman–Crippen LogP) is 2.10. The molecular formula is C13H23NO4. The van der Waals surface area contributed by atoms with Crippen LogP contribution in [-0.2, 0) is 14.3 Å². The lowest BCUT2D eigenvalue weighted by atomic mass is 10.1. The summed E-state index contributed by atoms with van der Waals surface area (Å²) in [5, 5.41) is 2.58. The van der Waals surface area contributed by atoms with E-state index in [9.17, 15) is 9.59 Å². The summed E-state index contributed by atoms with van der Waals surface area (Å²) in [7, 11) is 1.32. The van der Waals surface area contributed by atoms with Gasteiger partial charge in [0.25, 0.3) is 0 Å². The van der Waals surface area contributed by atoms with Crippen LogP contribution in [0.4, 0.5) is 4.79 Å². The van der Waals surface area contributed by atoms with Crippen LogP contribution in [0.3, 0.4) is 0 Å². The van der Waals surface area contributed by atoms with Gasteiger partial charge in [0.2, 0.25) is 0 Å². The molecule has 5 nitrogen and oxygen atoms in total. The lowest BCUT2D eigenvalue weighted by Gasteiger charge is -2.22. The molecule has 0 aromatic carbocycles. The average molecular weight is 257 g/mol. The molecule has 0 aromatic heterocycles. The fourth-order valence-electron chi connectivity index (χ4n) is 1.84. The third-order valence-electron chi connectivity index (χ3n) is 2.99. The monoisotopic (exact) mass is 257 g/mol. The highest BCUT2D eigenvalue weighted by atomic mass is 16.6. The molecule has 0 radical (unpaired) electrons. The number of hydrogen-bond acceptors (Lipinski definition) is 4. The van der Waals surface area contributed by atoms with Gasteiger partial charge in [-0.25, -0.2) is 9.59 Å². The summed E-state index contributed by atoms with van der Waals surface area (Å²) < 4.78 is 9.83. The number of hydrogen-bond donors (Lipinski definition) is 1. The molecule has 2 unspecified atom stereocenters. The Morgan fingerprint density at radius 3 is 2.33 bits per heavy atom. The smallest absolute Gasteiger partial charge is 0.408 e. The molecule has 104 valence electrons. The van der Waals surface area contributed by atoms with E-state index >= 15 is 0 Å². The maximum atomic E-state index is 11.6. The molecule has 0 saturated heterocycles. The highest BCUT2D eigenvalue weighted by molar-refractivity contribution is 5.81. The van der Waals surface area contributed by atoms with Gasteiger partial charge in [-0.3, -0.25) is 0 Å². The number of rotatable bonds is 4. The van der Waals surface area contributed by atoms with E-state index in [0.29, 0.717) is 18.3 Å². The number of carbonyl (C=O) groups excluding carboxylic acids is 2. The van der Waals surface area contributed by atoms with Crippen LogP contribution in [-0.4, -0.2) is 30.8 Å². The molecule has 1 saturated carbocycles. The minimum Gasteiger partial charge on any atom is -0.467 e. The number of alkyl carbamates (subject to hydrolysis) is 1. The number of carbonyl (C=O) groups is 2. The van der Waals surface area contributed by atoms with E-state index < -0.39 is 23.7 Å². The number of nitrogens with one attached hydrogen (secondary N) is 1. The molecule has 18 heavy (non-hydrogen) atoms. The molecule has 0 aromatic rings. The van der Waals surface area contributed by atoms with E-state index in [2.05, 4.69) is 12.2 Å². The first-order valence-corrected chi connectivity index (χ1v) is 6.30. The van der Waals surface area contributed by atoms with Crippen LogP contribution in [0, 0.1) is 11.8 Å². The van der Waals surface area contributed by atoms with Crippen molar-refractivity contribution in [2.75, 3.05) is 7.11 Å². The van der Waals surface area contributed by atoms with Crippen LogP contribution in [0.15, 0.2) is 0 Å². The zero-order valence-corrected chi connectivity index (χ0v) is 11.8. The summed E-state index contributed by atoms with van der Waals surface area (Å²) in [6.45, 7) is 7.47. The molecule has 1 aliphatic carbocycles. The maximum Gasteiger partial charge on any atom is 0.408 e. The van der Waals surface area contributed by atoms with Gasteiger partial charge in [-0.15, -0.1) is 0 Å². The Balaban J connectivity index is 2.50. The Hall–Kier alpha value is -1.26. The van der Waals surface area contributed by atoms with E-state index in [0.717, 1.165) is 6.42 Å². The first-order chi connectivity index (χ1) is 8.23. The molecule has 0 aliphatic heterocycles. The predicted molar refractivity (Wildman–Crippen MR) is 67.1 cm³/mol. The van der Waals surface area contributed by atoms with E-state index in [1.54, 1.807) is 20.8 Å². The molecular weight excluding hydrogens is 234 g/mol. The molecule has 1 fully saturated rings. The summed E-state index contributed by atoms with van der Waals surface area (Å²) in [6.07, 6.45) is 1.14. The van der Waals surface area contributed by atoms with Crippen molar-refractivity contribution in [3.63, 3.8) is 0 Å². The minimum atomic E-state index is -0.611. The molecule has 0 bridgehead atoms.